The first-order chi connectivity index (χ1) is 15.3. The van der Waals surface area contributed by atoms with Gasteiger partial charge in [-0.05, 0) is 44.5 Å². The van der Waals surface area contributed by atoms with Crippen LogP contribution in [0.2, 0.25) is 0 Å². The number of primary amides is 1. The van der Waals surface area contributed by atoms with E-state index in [1.165, 1.54) is 0 Å². The highest BCUT2D eigenvalue weighted by molar-refractivity contribution is 6.25. The number of Topliss-reactive ketones (excluding diaryl/α,β-unsaturated/α-hetero) is 2. The maximum absolute atomic E-state index is 13.7. The largest absolute Gasteiger partial charge is 0.507 e. The fraction of sp³-hybridized carbons (Fsp3) is 0.522. The third kappa shape index (κ3) is 3.01. The van der Waals surface area contributed by atoms with Crippen LogP contribution < -0.4 is 10.6 Å². The summed E-state index contributed by atoms with van der Waals surface area (Å²) in [7, 11) is 6.67. The second-order valence-corrected chi connectivity index (χ2v) is 9.65. The highest BCUT2D eigenvalue weighted by Crippen LogP contribution is 2.52. The number of aliphatic hydroxyl groups is 3. The molecule has 33 heavy (non-hydrogen) atoms. The number of anilines is 1. The number of aliphatic hydroxyl groups excluding tert-OH is 2. The van der Waals surface area contributed by atoms with Gasteiger partial charge < -0.3 is 36.0 Å². The van der Waals surface area contributed by atoms with Crippen molar-refractivity contribution in [3.63, 3.8) is 0 Å². The molecule has 0 saturated heterocycles. The number of phenolic OH excluding ortho intramolecular Hbond substituents is 1. The van der Waals surface area contributed by atoms with E-state index >= 15 is 0 Å². The van der Waals surface area contributed by atoms with E-state index < -0.39 is 58.7 Å². The number of carbonyl (C=O) groups is 3. The summed E-state index contributed by atoms with van der Waals surface area (Å²) in [5, 5.41) is 44.3. The summed E-state index contributed by atoms with van der Waals surface area (Å²) >= 11 is 0. The van der Waals surface area contributed by atoms with E-state index in [2.05, 4.69) is 0 Å². The van der Waals surface area contributed by atoms with Gasteiger partial charge >= 0.3 is 0 Å². The molecule has 3 aliphatic carbocycles. The molecule has 3 aliphatic rings. The lowest BCUT2D eigenvalue weighted by atomic mass is 9.54. The second kappa shape index (κ2) is 7.54. The molecule has 1 aromatic carbocycles. The summed E-state index contributed by atoms with van der Waals surface area (Å²) < 4.78 is 0. The van der Waals surface area contributed by atoms with Crippen molar-refractivity contribution in [3.05, 3.63) is 28.8 Å². The number of amides is 1. The Kier molecular flexibility index (Phi) is 5.31. The smallest absolute Gasteiger partial charge is 0.230 e. The Hall–Kier alpha value is -2.95. The summed E-state index contributed by atoms with van der Waals surface area (Å²) in [5.41, 5.74) is 3.71. The number of nitrogens with zero attached hydrogens (tertiary/aromatic N) is 2. The maximum Gasteiger partial charge on any atom is 0.230 e. The van der Waals surface area contributed by atoms with Crippen LogP contribution in [0, 0.1) is 17.8 Å². The summed E-state index contributed by atoms with van der Waals surface area (Å²) in [6.07, 6.45) is -1.10. The molecule has 4 rings (SSSR count). The Labute approximate surface area is 190 Å². The van der Waals surface area contributed by atoms with Gasteiger partial charge in [0, 0.05) is 31.6 Å². The van der Waals surface area contributed by atoms with E-state index in [9.17, 15) is 34.8 Å². The van der Waals surface area contributed by atoms with Gasteiger partial charge in [0.2, 0.25) is 11.7 Å². The van der Waals surface area contributed by atoms with Crippen molar-refractivity contribution in [2.75, 3.05) is 33.1 Å². The lowest BCUT2D eigenvalue weighted by Crippen LogP contribution is -2.73. The number of likely N-dealkylation sites (N-methyl/N-ethyl adjacent to an activating group) is 1. The average Bonchev–Trinajstić information content (AvgIpc) is 2.70. The minimum atomic E-state index is -2.64. The molecule has 6 atom stereocenters. The number of nitrogens with two attached hydrogens (primary N) is 1. The lowest BCUT2D eigenvalue weighted by molar-refractivity contribution is -0.184. The van der Waals surface area contributed by atoms with Gasteiger partial charge in [0.25, 0.3) is 0 Å². The van der Waals surface area contributed by atoms with Crippen molar-refractivity contribution in [1.82, 2.24) is 4.90 Å². The Bertz CT molecular complexity index is 1100. The van der Waals surface area contributed by atoms with Gasteiger partial charge in [-0.2, -0.15) is 0 Å². The summed E-state index contributed by atoms with van der Waals surface area (Å²) in [4.78, 5) is 42.2. The van der Waals surface area contributed by atoms with Crippen LogP contribution in [0.1, 0.15) is 17.5 Å². The molecule has 0 aromatic heterocycles. The molecular weight excluding hydrogens is 430 g/mol. The van der Waals surface area contributed by atoms with Crippen molar-refractivity contribution < 1.29 is 34.8 Å². The molecule has 178 valence electrons. The molecule has 2 unspecified atom stereocenters. The van der Waals surface area contributed by atoms with Crippen molar-refractivity contribution in [2.24, 2.45) is 23.5 Å². The molecular formula is C23H29N3O7. The van der Waals surface area contributed by atoms with Gasteiger partial charge in [0.05, 0.1) is 17.4 Å². The number of aromatic hydroxyl groups is 1. The molecule has 0 bridgehead atoms. The topological polar surface area (TPSA) is 165 Å². The van der Waals surface area contributed by atoms with Crippen LogP contribution in [0.15, 0.2) is 17.7 Å². The fourth-order valence-corrected chi connectivity index (χ4v) is 5.93. The predicted octanol–water partition coefficient (Wildman–Crippen LogP) is -0.805. The standard InChI is InChI=1S/C23H29N3O7/c1-25(2)12-6-5-9-7-10-8-11-16(26(3)4)19(29)15(22(24)32)21(31)23(11,33)20(30)14(10)18(28)13(9)17(12)27/h5-6,10-11,15-16,19,27-29,33H,7-8H2,1-4H3,(H2,24,32)/t10-,11-,15?,16-,19?,23-/m1/s1. The first kappa shape index (κ1) is 23.2. The Morgan fingerprint density at radius 1 is 1.15 bits per heavy atom. The molecule has 2 saturated carbocycles. The van der Waals surface area contributed by atoms with Crippen LogP contribution in [-0.4, -0.2) is 88.7 Å². The lowest BCUT2D eigenvalue weighted by Gasteiger charge is -2.53. The Morgan fingerprint density at radius 3 is 2.33 bits per heavy atom. The molecule has 0 aliphatic heterocycles. The molecule has 10 nitrogen and oxygen atoms in total. The van der Waals surface area contributed by atoms with Gasteiger partial charge in [0.1, 0.15) is 17.4 Å². The molecule has 2 fully saturated rings. The van der Waals surface area contributed by atoms with Crippen molar-refractivity contribution in [3.8, 4) is 5.75 Å². The number of phenols is 1. The third-order valence-corrected chi connectivity index (χ3v) is 7.42. The monoisotopic (exact) mass is 459 g/mol. The van der Waals surface area contributed by atoms with Crippen LogP contribution in [-0.2, 0) is 20.8 Å². The number of ketones is 2. The van der Waals surface area contributed by atoms with Gasteiger partial charge in [-0.1, -0.05) is 6.07 Å². The van der Waals surface area contributed by atoms with Crippen LogP contribution >= 0.6 is 0 Å². The van der Waals surface area contributed by atoms with Crippen LogP contribution in [0.5, 0.6) is 5.75 Å². The summed E-state index contributed by atoms with van der Waals surface area (Å²) in [5.74, 6) is -7.36. The first-order valence-electron chi connectivity index (χ1n) is 10.7. The first-order valence-corrected chi connectivity index (χ1v) is 10.7. The van der Waals surface area contributed by atoms with Crippen LogP contribution in [0.4, 0.5) is 5.69 Å². The summed E-state index contributed by atoms with van der Waals surface area (Å²) in [6, 6.07) is 2.57. The number of rotatable bonds is 3. The predicted molar refractivity (Wildman–Crippen MR) is 118 cm³/mol. The second-order valence-electron chi connectivity index (χ2n) is 9.65. The van der Waals surface area contributed by atoms with E-state index in [0.717, 1.165) is 0 Å². The maximum atomic E-state index is 13.7. The molecule has 1 aromatic rings. The molecule has 1 amide bonds. The third-order valence-electron chi connectivity index (χ3n) is 7.42. The molecule has 0 spiro atoms. The normalized spacial score (nSPS) is 33.5. The quantitative estimate of drug-likeness (QED) is 0.364. The van der Waals surface area contributed by atoms with Crippen molar-refractivity contribution >= 4 is 28.9 Å². The zero-order valence-electron chi connectivity index (χ0n) is 18.9. The van der Waals surface area contributed by atoms with Gasteiger partial charge in [-0.3, -0.25) is 14.4 Å². The number of carbonyl (C=O) groups excluding carboxylic acids is 3. The number of benzene rings is 1. The molecule has 6 N–H and O–H groups in total. The van der Waals surface area contributed by atoms with E-state index in [4.69, 9.17) is 5.73 Å². The SMILES string of the molecule is CN(C)c1ccc2c(c1O)C(O)=C1C(=O)[C@@]3(O)C(=O)C(C(N)=O)C(O)[C@H](N(C)C)[C@H]3C[C@H]1C2. The van der Waals surface area contributed by atoms with Crippen LogP contribution in [0.25, 0.3) is 5.76 Å². The minimum absolute atomic E-state index is 0.0850. The van der Waals surface area contributed by atoms with Gasteiger partial charge in [-0.15, -0.1) is 0 Å². The number of fused-ring (bicyclic) bond motifs is 3. The number of hydrogen-bond acceptors (Lipinski definition) is 9. The highest BCUT2D eigenvalue weighted by atomic mass is 16.3. The van der Waals surface area contributed by atoms with Crippen LogP contribution in [0.3, 0.4) is 0 Å². The molecule has 0 heterocycles. The van der Waals surface area contributed by atoms with E-state index in [0.29, 0.717) is 11.3 Å². The molecule has 0 radical (unpaired) electrons. The average molecular weight is 459 g/mol. The molecule has 10 heteroatoms. The Balaban J connectivity index is 1.92. The number of hydrogen-bond donors (Lipinski definition) is 5. The minimum Gasteiger partial charge on any atom is -0.507 e. The van der Waals surface area contributed by atoms with Gasteiger partial charge in [0.15, 0.2) is 11.4 Å². The van der Waals surface area contributed by atoms with E-state index in [-0.39, 0.29) is 29.7 Å². The zero-order valence-corrected chi connectivity index (χ0v) is 18.9. The Morgan fingerprint density at radius 2 is 1.79 bits per heavy atom. The van der Waals surface area contributed by atoms with Crippen molar-refractivity contribution in [1.29, 1.82) is 0 Å². The zero-order chi connectivity index (χ0) is 24.6. The summed E-state index contributed by atoms with van der Waals surface area (Å²) in [6.45, 7) is 0. The fourth-order valence-electron chi connectivity index (χ4n) is 5.93. The van der Waals surface area contributed by atoms with Crippen molar-refractivity contribution in [2.45, 2.75) is 30.6 Å². The highest BCUT2D eigenvalue weighted by Gasteiger charge is 2.67. The van der Waals surface area contributed by atoms with E-state index in [1.807, 2.05) is 0 Å². The van der Waals surface area contributed by atoms with Gasteiger partial charge in [-0.25, -0.2) is 0 Å². The van der Waals surface area contributed by atoms with E-state index in [1.54, 1.807) is 50.1 Å².